The lowest BCUT2D eigenvalue weighted by atomic mass is 9.87. The third-order valence-corrected chi connectivity index (χ3v) is 8.67. The number of carbonyl (C=O) groups is 1. The number of benzene rings is 2. The van der Waals surface area contributed by atoms with Crippen molar-refractivity contribution in [3.05, 3.63) is 69.2 Å². The van der Waals surface area contributed by atoms with Gasteiger partial charge in [-0.25, -0.2) is 12.7 Å². The van der Waals surface area contributed by atoms with Gasteiger partial charge in [-0.3, -0.25) is 4.79 Å². The summed E-state index contributed by atoms with van der Waals surface area (Å²) in [5.41, 5.74) is 3.05. The first-order valence-electron chi connectivity index (χ1n) is 10.6. The Balaban J connectivity index is 1.34. The molecule has 2 aromatic carbocycles. The molecular formula is C23H26Cl2N2O3S. The van der Waals surface area contributed by atoms with Gasteiger partial charge < -0.3 is 5.32 Å². The van der Waals surface area contributed by atoms with Crippen LogP contribution in [0.4, 0.5) is 0 Å². The standard InChI is InChI=1S/C23H26Cl2N2O3S/c24-19-9-8-18(21(25)14-19)15-31(29,30)27-12-10-17(11-13-27)23(28)26-22-7-3-5-16-4-1-2-6-20(16)22/h1-2,4,6,8-9,14,17,22H,3,5,7,10-13,15H2,(H,26,28)/t22-/m0/s1. The Morgan fingerprint density at radius 1 is 1.06 bits per heavy atom. The topological polar surface area (TPSA) is 66.5 Å². The Labute approximate surface area is 193 Å². The van der Waals surface area contributed by atoms with E-state index in [1.165, 1.54) is 15.4 Å². The van der Waals surface area contributed by atoms with E-state index in [0.29, 0.717) is 41.5 Å². The lowest BCUT2D eigenvalue weighted by Crippen LogP contribution is -2.44. The number of hydrogen-bond acceptors (Lipinski definition) is 3. The smallest absolute Gasteiger partial charge is 0.223 e. The number of carbonyl (C=O) groups excluding carboxylic acids is 1. The predicted octanol–water partition coefficient (Wildman–Crippen LogP) is 4.73. The summed E-state index contributed by atoms with van der Waals surface area (Å²) in [6.45, 7) is 0.680. The van der Waals surface area contributed by atoms with Crippen LogP contribution in [0.3, 0.4) is 0 Å². The van der Waals surface area contributed by atoms with Crippen LogP contribution in [-0.2, 0) is 27.0 Å². The van der Waals surface area contributed by atoms with Gasteiger partial charge >= 0.3 is 0 Å². The maximum Gasteiger partial charge on any atom is 0.223 e. The number of hydrogen-bond donors (Lipinski definition) is 1. The molecule has 0 spiro atoms. The molecule has 0 saturated carbocycles. The van der Waals surface area contributed by atoms with E-state index in [1.807, 2.05) is 12.1 Å². The quantitative estimate of drug-likeness (QED) is 0.672. The fraction of sp³-hybridized carbons (Fsp3) is 0.435. The predicted molar refractivity (Wildman–Crippen MR) is 124 cm³/mol. The van der Waals surface area contributed by atoms with E-state index in [4.69, 9.17) is 23.2 Å². The molecule has 31 heavy (non-hydrogen) atoms. The summed E-state index contributed by atoms with van der Waals surface area (Å²) in [6.07, 6.45) is 4.10. The maximum absolute atomic E-state index is 12.9. The number of rotatable bonds is 5. The molecule has 0 bridgehead atoms. The van der Waals surface area contributed by atoms with E-state index in [2.05, 4.69) is 17.4 Å². The van der Waals surface area contributed by atoms with E-state index in [0.717, 1.165) is 19.3 Å². The average molecular weight is 481 g/mol. The second kappa shape index (κ2) is 9.49. The molecule has 1 aliphatic carbocycles. The number of nitrogens with zero attached hydrogens (tertiary/aromatic N) is 1. The monoisotopic (exact) mass is 480 g/mol. The molecule has 4 rings (SSSR count). The molecule has 0 radical (unpaired) electrons. The highest BCUT2D eigenvalue weighted by atomic mass is 35.5. The molecule has 1 amide bonds. The van der Waals surface area contributed by atoms with E-state index in [-0.39, 0.29) is 23.6 Å². The van der Waals surface area contributed by atoms with Crippen molar-refractivity contribution in [2.45, 2.75) is 43.9 Å². The molecule has 1 N–H and O–H groups in total. The number of fused-ring (bicyclic) bond motifs is 1. The fourth-order valence-electron chi connectivity index (χ4n) is 4.52. The van der Waals surface area contributed by atoms with Gasteiger partial charge in [-0.2, -0.15) is 0 Å². The Kier molecular flexibility index (Phi) is 6.92. The Morgan fingerprint density at radius 2 is 1.81 bits per heavy atom. The van der Waals surface area contributed by atoms with Crippen LogP contribution < -0.4 is 5.32 Å². The lowest BCUT2D eigenvalue weighted by molar-refractivity contribution is -0.127. The molecule has 8 heteroatoms. The molecule has 1 atom stereocenters. The first-order valence-corrected chi connectivity index (χ1v) is 13.0. The molecule has 5 nitrogen and oxygen atoms in total. The summed E-state index contributed by atoms with van der Waals surface area (Å²) in [6, 6.07) is 13.2. The highest BCUT2D eigenvalue weighted by Crippen LogP contribution is 2.31. The zero-order valence-electron chi connectivity index (χ0n) is 17.2. The van der Waals surface area contributed by atoms with Gasteiger partial charge in [0.05, 0.1) is 11.8 Å². The van der Waals surface area contributed by atoms with Crippen molar-refractivity contribution in [1.82, 2.24) is 9.62 Å². The molecule has 2 aromatic rings. The number of amides is 1. The summed E-state index contributed by atoms with van der Waals surface area (Å²) in [5.74, 6) is -0.308. The van der Waals surface area contributed by atoms with Gasteiger partial charge in [0, 0.05) is 29.1 Å². The first-order chi connectivity index (χ1) is 14.8. The highest BCUT2D eigenvalue weighted by molar-refractivity contribution is 7.88. The van der Waals surface area contributed by atoms with Crippen LogP contribution in [0.25, 0.3) is 0 Å². The van der Waals surface area contributed by atoms with Crippen LogP contribution in [0.15, 0.2) is 42.5 Å². The summed E-state index contributed by atoms with van der Waals surface area (Å²) < 4.78 is 27.2. The van der Waals surface area contributed by atoms with E-state index in [1.54, 1.807) is 18.2 Å². The molecule has 1 fully saturated rings. The minimum atomic E-state index is -3.51. The molecular weight excluding hydrogens is 455 g/mol. The number of piperidine rings is 1. The third-order valence-electron chi connectivity index (χ3n) is 6.26. The van der Waals surface area contributed by atoms with Gasteiger partial charge in [0.1, 0.15) is 0 Å². The van der Waals surface area contributed by atoms with Crippen molar-refractivity contribution >= 4 is 39.1 Å². The van der Waals surface area contributed by atoms with Crippen molar-refractivity contribution in [2.24, 2.45) is 5.92 Å². The number of sulfonamides is 1. The Morgan fingerprint density at radius 3 is 2.55 bits per heavy atom. The maximum atomic E-state index is 12.9. The van der Waals surface area contributed by atoms with Crippen molar-refractivity contribution in [1.29, 1.82) is 0 Å². The van der Waals surface area contributed by atoms with Gasteiger partial charge in [0.25, 0.3) is 0 Å². The molecule has 0 aromatic heterocycles. The van der Waals surface area contributed by atoms with Crippen molar-refractivity contribution in [3.8, 4) is 0 Å². The first kappa shape index (κ1) is 22.6. The SMILES string of the molecule is O=C(N[C@H]1CCCc2ccccc21)C1CCN(S(=O)(=O)Cc2ccc(Cl)cc2Cl)CC1. The second-order valence-electron chi connectivity index (χ2n) is 8.32. The largest absolute Gasteiger partial charge is 0.349 e. The van der Waals surface area contributed by atoms with Crippen LogP contribution in [0.5, 0.6) is 0 Å². The molecule has 166 valence electrons. The van der Waals surface area contributed by atoms with E-state index in [9.17, 15) is 13.2 Å². The van der Waals surface area contributed by atoms with Crippen LogP contribution >= 0.6 is 23.2 Å². The molecule has 1 aliphatic heterocycles. The van der Waals surface area contributed by atoms with Gasteiger partial charge in [0.2, 0.25) is 15.9 Å². The van der Waals surface area contributed by atoms with Gasteiger partial charge in [-0.15, -0.1) is 0 Å². The van der Waals surface area contributed by atoms with Crippen molar-refractivity contribution in [2.75, 3.05) is 13.1 Å². The minimum Gasteiger partial charge on any atom is -0.349 e. The summed E-state index contributed by atoms with van der Waals surface area (Å²) in [5, 5.41) is 4.03. The number of nitrogens with one attached hydrogen (secondary N) is 1. The summed E-state index contributed by atoms with van der Waals surface area (Å²) in [4.78, 5) is 12.9. The van der Waals surface area contributed by atoms with Crippen molar-refractivity contribution in [3.63, 3.8) is 0 Å². The summed E-state index contributed by atoms with van der Waals surface area (Å²) >= 11 is 12.0. The zero-order chi connectivity index (χ0) is 22.0. The van der Waals surface area contributed by atoms with Gasteiger partial charge in [0.15, 0.2) is 0 Å². The van der Waals surface area contributed by atoms with Gasteiger partial charge in [-0.1, -0.05) is 53.5 Å². The van der Waals surface area contributed by atoms with E-state index < -0.39 is 10.0 Å². The van der Waals surface area contributed by atoms with Crippen LogP contribution in [0, 0.1) is 5.92 Å². The minimum absolute atomic E-state index is 0.0273. The van der Waals surface area contributed by atoms with E-state index >= 15 is 0 Å². The van der Waals surface area contributed by atoms with Crippen LogP contribution in [0.2, 0.25) is 10.0 Å². The van der Waals surface area contributed by atoms with Crippen molar-refractivity contribution < 1.29 is 13.2 Å². The highest BCUT2D eigenvalue weighted by Gasteiger charge is 2.33. The van der Waals surface area contributed by atoms with Crippen LogP contribution in [0.1, 0.15) is 48.4 Å². The van der Waals surface area contributed by atoms with Gasteiger partial charge in [-0.05, 0) is 60.9 Å². The fourth-order valence-corrected chi connectivity index (χ4v) is 6.67. The molecule has 0 unspecified atom stereocenters. The third kappa shape index (κ3) is 5.25. The zero-order valence-corrected chi connectivity index (χ0v) is 19.5. The second-order valence-corrected chi connectivity index (χ2v) is 11.1. The van der Waals surface area contributed by atoms with Crippen LogP contribution in [-0.4, -0.2) is 31.7 Å². The average Bonchev–Trinajstić information content (AvgIpc) is 2.76. The molecule has 1 heterocycles. The Hall–Kier alpha value is -1.60. The Bertz CT molecular complexity index is 1070. The summed E-state index contributed by atoms with van der Waals surface area (Å²) in [7, 11) is -3.51. The molecule has 1 saturated heterocycles. The number of aryl methyl sites for hydroxylation is 1. The normalized spacial score (nSPS) is 20.3. The molecule has 2 aliphatic rings. The lowest BCUT2D eigenvalue weighted by Gasteiger charge is -2.32. The number of halogens is 2.